The van der Waals surface area contributed by atoms with Gasteiger partial charge in [0.2, 0.25) is 0 Å². The van der Waals surface area contributed by atoms with Crippen LogP contribution in [0.1, 0.15) is 37.4 Å². The molecule has 0 unspecified atom stereocenters. The maximum absolute atomic E-state index is 12.9. The van der Waals surface area contributed by atoms with Gasteiger partial charge in [0.15, 0.2) is 11.5 Å². The summed E-state index contributed by atoms with van der Waals surface area (Å²) in [5.74, 6) is 1.43. The summed E-state index contributed by atoms with van der Waals surface area (Å²) in [6.07, 6.45) is 0. The van der Waals surface area contributed by atoms with Gasteiger partial charge < -0.3 is 24.8 Å². The van der Waals surface area contributed by atoms with Crippen LogP contribution >= 0.6 is 0 Å². The highest BCUT2D eigenvalue weighted by Crippen LogP contribution is 2.31. The molecule has 1 aliphatic rings. The second kappa shape index (κ2) is 9.24. The molecule has 0 spiro atoms. The maximum Gasteiger partial charge on any atom is 0.255 e. The fourth-order valence-electron chi connectivity index (χ4n) is 3.82. The Morgan fingerprint density at radius 2 is 1.42 bits per heavy atom. The van der Waals surface area contributed by atoms with Crippen LogP contribution in [0.3, 0.4) is 0 Å². The number of anilines is 2. The van der Waals surface area contributed by atoms with Gasteiger partial charge in [0, 0.05) is 22.5 Å². The number of benzene rings is 3. The number of methoxy groups -OCH3 is 1. The van der Waals surface area contributed by atoms with Crippen molar-refractivity contribution < 1.29 is 23.8 Å². The molecule has 3 aromatic carbocycles. The van der Waals surface area contributed by atoms with Crippen LogP contribution in [-0.4, -0.2) is 32.1 Å². The van der Waals surface area contributed by atoms with Crippen LogP contribution in [0.2, 0.25) is 0 Å². The Balaban J connectivity index is 1.51. The summed E-state index contributed by atoms with van der Waals surface area (Å²) in [5, 5.41) is 5.82. The fraction of sp³-hybridized carbons (Fsp3) is 0.231. The zero-order valence-corrected chi connectivity index (χ0v) is 19.1. The van der Waals surface area contributed by atoms with Crippen LogP contribution in [0.25, 0.3) is 0 Å². The molecule has 0 aromatic heterocycles. The monoisotopic (exact) mass is 446 g/mol. The molecule has 7 nitrogen and oxygen atoms in total. The Bertz CT molecular complexity index is 1210. The number of rotatable bonds is 5. The van der Waals surface area contributed by atoms with Gasteiger partial charge in [0.25, 0.3) is 11.8 Å². The Kier molecular flexibility index (Phi) is 6.22. The minimum Gasteiger partial charge on any atom is -0.496 e. The number of nitrogens with one attached hydrogen (secondary N) is 2. The van der Waals surface area contributed by atoms with Gasteiger partial charge in [-0.15, -0.1) is 0 Å². The van der Waals surface area contributed by atoms with E-state index in [1.54, 1.807) is 49.6 Å². The zero-order valence-electron chi connectivity index (χ0n) is 19.1. The van der Waals surface area contributed by atoms with Crippen molar-refractivity contribution in [2.45, 2.75) is 20.8 Å². The number of aryl methyl sites for hydroxylation is 3. The van der Waals surface area contributed by atoms with Crippen molar-refractivity contribution in [3.05, 3.63) is 76.3 Å². The van der Waals surface area contributed by atoms with Crippen LogP contribution in [0.5, 0.6) is 17.2 Å². The Morgan fingerprint density at radius 3 is 2.12 bits per heavy atom. The summed E-state index contributed by atoms with van der Waals surface area (Å²) in [6, 6.07) is 14.1. The van der Waals surface area contributed by atoms with Gasteiger partial charge >= 0.3 is 0 Å². The Labute approximate surface area is 192 Å². The molecule has 7 heteroatoms. The summed E-state index contributed by atoms with van der Waals surface area (Å²) in [5.41, 5.74) is 4.83. The molecule has 3 aromatic rings. The second-order valence-corrected chi connectivity index (χ2v) is 7.94. The van der Waals surface area contributed by atoms with E-state index in [2.05, 4.69) is 10.6 Å². The molecule has 170 valence electrons. The summed E-state index contributed by atoms with van der Waals surface area (Å²) in [4.78, 5) is 25.7. The number of ether oxygens (including phenoxy) is 3. The predicted molar refractivity (Wildman–Crippen MR) is 127 cm³/mol. The Morgan fingerprint density at radius 1 is 0.758 bits per heavy atom. The SMILES string of the molecule is COc1c(C)cc(C(=O)Nc2cc(NC(=O)c3ccc4c(c3)OCCO4)ccc2C)cc1C. The van der Waals surface area contributed by atoms with E-state index in [1.165, 1.54) is 0 Å². The fourth-order valence-corrected chi connectivity index (χ4v) is 3.82. The smallest absolute Gasteiger partial charge is 0.255 e. The third-order valence-electron chi connectivity index (χ3n) is 5.47. The Hall–Kier alpha value is -4.00. The van der Waals surface area contributed by atoms with Crippen LogP contribution in [-0.2, 0) is 0 Å². The van der Waals surface area contributed by atoms with E-state index in [0.717, 1.165) is 22.4 Å². The van der Waals surface area contributed by atoms with E-state index in [1.807, 2.05) is 26.8 Å². The van der Waals surface area contributed by atoms with Crippen molar-refractivity contribution in [1.29, 1.82) is 0 Å². The molecule has 1 aliphatic heterocycles. The van der Waals surface area contributed by atoms with Crippen molar-refractivity contribution in [3.63, 3.8) is 0 Å². The van der Waals surface area contributed by atoms with Crippen molar-refractivity contribution >= 4 is 23.2 Å². The van der Waals surface area contributed by atoms with Crippen molar-refractivity contribution in [3.8, 4) is 17.2 Å². The van der Waals surface area contributed by atoms with Gasteiger partial charge in [-0.3, -0.25) is 9.59 Å². The highest BCUT2D eigenvalue weighted by atomic mass is 16.6. The average Bonchev–Trinajstić information content (AvgIpc) is 2.80. The lowest BCUT2D eigenvalue weighted by atomic mass is 10.0. The zero-order chi connectivity index (χ0) is 23.5. The minimum absolute atomic E-state index is 0.234. The first-order valence-electron chi connectivity index (χ1n) is 10.6. The van der Waals surface area contributed by atoms with E-state index >= 15 is 0 Å². The van der Waals surface area contributed by atoms with Crippen molar-refractivity contribution in [1.82, 2.24) is 0 Å². The van der Waals surface area contributed by atoms with E-state index in [0.29, 0.717) is 47.2 Å². The molecule has 2 N–H and O–H groups in total. The number of amides is 2. The predicted octanol–water partition coefficient (Wildman–Crippen LogP) is 4.90. The van der Waals surface area contributed by atoms with E-state index in [4.69, 9.17) is 14.2 Å². The molecule has 0 radical (unpaired) electrons. The molecule has 0 saturated carbocycles. The van der Waals surface area contributed by atoms with E-state index < -0.39 is 0 Å². The lowest BCUT2D eigenvalue weighted by Crippen LogP contribution is -2.17. The summed E-state index contributed by atoms with van der Waals surface area (Å²) in [6.45, 7) is 6.65. The van der Waals surface area contributed by atoms with Gasteiger partial charge in [-0.2, -0.15) is 0 Å². The lowest BCUT2D eigenvalue weighted by molar-refractivity contribution is 0.101. The molecular formula is C26H26N2O5. The van der Waals surface area contributed by atoms with E-state index in [-0.39, 0.29) is 11.8 Å². The third-order valence-corrected chi connectivity index (χ3v) is 5.47. The average molecular weight is 447 g/mol. The number of hydrogen-bond acceptors (Lipinski definition) is 5. The quantitative estimate of drug-likeness (QED) is 0.582. The molecule has 0 fully saturated rings. The standard InChI is InChI=1S/C26H26N2O5/c1-15-5-7-20(27-25(29)18-6-8-22-23(13-18)33-10-9-32-22)14-21(15)28-26(30)19-11-16(2)24(31-4)17(3)12-19/h5-8,11-14H,9-10H2,1-4H3,(H,27,29)(H,28,30). The molecule has 0 atom stereocenters. The summed E-state index contributed by atoms with van der Waals surface area (Å²) >= 11 is 0. The first-order chi connectivity index (χ1) is 15.9. The summed E-state index contributed by atoms with van der Waals surface area (Å²) in [7, 11) is 1.61. The van der Waals surface area contributed by atoms with Crippen LogP contribution in [0.4, 0.5) is 11.4 Å². The molecule has 1 heterocycles. The minimum atomic E-state index is -0.283. The van der Waals surface area contributed by atoms with Crippen molar-refractivity contribution in [2.75, 3.05) is 31.0 Å². The van der Waals surface area contributed by atoms with Crippen LogP contribution in [0.15, 0.2) is 48.5 Å². The number of carbonyl (C=O) groups excluding carboxylic acids is 2. The molecule has 33 heavy (non-hydrogen) atoms. The number of hydrogen-bond donors (Lipinski definition) is 2. The number of carbonyl (C=O) groups is 2. The molecule has 0 aliphatic carbocycles. The van der Waals surface area contributed by atoms with Gasteiger partial charge in [0.1, 0.15) is 19.0 Å². The van der Waals surface area contributed by atoms with Gasteiger partial charge in [-0.05, 0) is 79.9 Å². The largest absolute Gasteiger partial charge is 0.496 e. The number of fused-ring (bicyclic) bond motifs is 1. The summed E-state index contributed by atoms with van der Waals surface area (Å²) < 4.78 is 16.4. The maximum atomic E-state index is 12.9. The van der Waals surface area contributed by atoms with Crippen LogP contribution in [0, 0.1) is 20.8 Å². The second-order valence-electron chi connectivity index (χ2n) is 7.94. The highest BCUT2D eigenvalue weighted by Gasteiger charge is 2.16. The topological polar surface area (TPSA) is 85.9 Å². The first-order valence-corrected chi connectivity index (χ1v) is 10.6. The van der Waals surface area contributed by atoms with Crippen molar-refractivity contribution in [2.24, 2.45) is 0 Å². The normalized spacial score (nSPS) is 12.1. The van der Waals surface area contributed by atoms with Gasteiger partial charge in [-0.25, -0.2) is 0 Å². The molecule has 0 saturated heterocycles. The first kappa shape index (κ1) is 22.2. The lowest BCUT2D eigenvalue weighted by Gasteiger charge is -2.18. The van der Waals surface area contributed by atoms with E-state index in [9.17, 15) is 9.59 Å². The molecule has 2 amide bonds. The van der Waals surface area contributed by atoms with Gasteiger partial charge in [0.05, 0.1) is 7.11 Å². The molecular weight excluding hydrogens is 420 g/mol. The van der Waals surface area contributed by atoms with Crippen LogP contribution < -0.4 is 24.8 Å². The highest BCUT2D eigenvalue weighted by molar-refractivity contribution is 6.07. The van der Waals surface area contributed by atoms with Gasteiger partial charge in [-0.1, -0.05) is 6.07 Å². The molecule has 0 bridgehead atoms. The molecule has 4 rings (SSSR count). The third kappa shape index (κ3) is 4.77.